The zero-order valence-corrected chi connectivity index (χ0v) is 12.5. The molecule has 1 N–H and O–H groups in total. The summed E-state index contributed by atoms with van der Waals surface area (Å²) in [5.41, 5.74) is 2.85. The molecule has 2 aliphatic carbocycles. The molecule has 3 rings (SSSR count). The summed E-state index contributed by atoms with van der Waals surface area (Å²) in [6.45, 7) is 0.587. The molecule has 1 aromatic carbocycles. The Morgan fingerprint density at radius 2 is 2.05 bits per heavy atom. The molecule has 0 aliphatic heterocycles. The van der Waals surface area contributed by atoms with E-state index in [4.69, 9.17) is 9.84 Å². The number of carbonyl (C=O) groups is 1. The van der Waals surface area contributed by atoms with Crippen molar-refractivity contribution >= 4 is 5.97 Å². The van der Waals surface area contributed by atoms with Gasteiger partial charge in [-0.05, 0) is 42.4 Å². The molecule has 0 saturated heterocycles. The monoisotopic (exact) mass is 296 g/mol. The van der Waals surface area contributed by atoms with Crippen LogP contribution in [0.1, 0.15) is 31.2 Å². The minimum Gasteiger partial charge on any atom is -0.478 e. The first-order valence-corrected chi connectivity index (χ1v) is 7.68. The number of hydrogen-bond acceptors (Lipinski definition) is 2. The maximum absolute atomic E-state index is 10.9. The van der Waals surface area contributed by atoms with Crippen LogP contribution in [0.5, 0.6) is 0 Å². The van der Waals surface area contributed by atoms with Crippen LogP contribution in [-0.2, 0) is 16.1 Å². The Hall–Kier alpha value is -2.13. The molecule has 22 heavy (non-hydrogen) atoms. The van der Waals surface area contributed by atoms with Gasteiger partial charge in [-0.1, -0.05) is 48.6 Å². The Morgan fingerprint density at radius 1 is 1.27 bits per heavy atom. The van der Waals surface area contributed by atoms with Gasteiger partial charge >= 0.3 is 5.97 Å². The SMILES string of the molecule is O=C(O)C=C1C=C(C2(OCc3ccccc3)CCC2)C=CC1. The van der Waals surface area contributed by atoms with Gasteiger partial charge in [-0.2, -0.15) is 0 Å². The van der Waals surface area contributed by atoms with Crippen molar-refractivity contribution in [2.45, 2.75) is 37.9 Å². The molecule has 0 aromatic heterocycles. The fraction of sp³-hybridized carbons (Fsp3) is 0.316. The molecule has 1 aromatic rings. The van der Waals surface area contributed by atoms with Crippen LogP contribution in [0.3, 0.4) is 0 Å². The van der Waals surface area contributed by atoms with E-state index in [1.165, 1.54) is 6.08 Å². The van der Waals surface area contributed by atoms with Crippen molar-refractivity contribution in [1.29, 1.82) is 0 Å². The zero-order valence-electron chi connectivity index (χ0n) is 12.5. The molecule has 0 heterocycles. The van der Waals surface area contributed by atoms with Gasteiger partial charge in [0.05, 0.1) is 12.2 Å². The largest absolute Gasteiger partial charge is 0.478 e. The standard InChI is InChI=1S/C19H20O3/c20-18(21)13-16-8-4-9-17(12-16)19(10-5-11-19)22-14-15-6-2-1-3-7-15/h1-4,6-7,9,12-13H,5,8,10-11,14H2,(H,20,21). The smallest absolute Gasteiger partial charge is 0.328 e. The molecule has 3 nitrogen and oxygen atoms in total. The normalized spacial score (nSPS) is 21.3. The molecule has 0 unspecified atom stereocenters. The van der Waals surface area contributed by atoms with E-state index in [1.807, 2.05) is 30.4 Å². The molecule has 0 bridgehead atoms. The van der Waals surface area contributed by atoms with Crippen molar-refractivity contribution in [2.24, 2.45) is 0 Å². The van der Waals surface area contributed by atoms with Gasteiger partial charge in [0.15, 0.2) is 0 Å². The molecule has 2 aliphatic rings. The van der Waals surface area contributed by atoms with Gasteiger partial charge in [0, 0.05) is 6.08 Å². The van der Waals surface area contributed by atoms with Crippen molar-refractivity contribution in [3.8, 4) is 0 Å². The molecule has 114 valence electrons. The average molecular weight is 296 g/mol. The van der Waals surface area contributed by atoms with Crippen LogP contribution >= 0.6 is 0 Å². The van der Waals surface area contributed by atoms with Crippen LogP contribution < -0.4 is 0 Å². The second kappa shape index (κ2) is 6.32. The van der Waals surface area contributed by atoms with Crippen LogP contribution in [0, 0.1) is 0 Å². The second-order valence-electron chi connectivity index (χ2n) is 5.89. The predicted octanol–water partition coefficient (Wildman–Crippen LogP) is 4.02. The summed E-state index contributed by atoms with van der Waals surface area (Å²) in [7, 11) is 0. The predicted molar refractivity (Wildman–Crippen MR) is 85.4 cm³/mol. The van der Waals surface area contributed by atoms with Crippen LogP contribution in [-0.4, -0.2) is 16.7 Å². The molecule has 0 radical (unpaired) electrons. The lowest BCUT2D eigenvalue weighted by molar-refractivity contribution is -0.131. The van der Waals surface area contributed by atoms with Crippen LogP contribution in [0.2, 0.25) is 0 Å². The van der Waals surface area contributed by atoms with Crippen molar-refractivity contribution in [3.63, 3.8) is 0 Å². The molecule has 0 atom stereocenters. The Kier molecular flexibility index (Phi) is 4.25. The third kappa shape index (κ3) is 3.20. The Labute approximate surface area is 130 Å². The van der Waals surface area contributed by atoms with Crippen molar-refractivity contribution < 1.29 is 14.6 Å². The Balaban J connectivity index is 1.76. The highest BCUT2D eigenvalue weighted by atomic mass is 16.5. The number of carboxylic acid groups (broad SMARTS) is 1. The van der Waals surface area contributed by atoms with E-state index >= 15 is 0 Å². The molecular weight excluding hydrogens is 276 g/mol. The molecular formula is C19H20O3. The number of ether oxygens (including phenoxy) is 1. The highest BCUT2D eigenvalue weighted by molar-refractivity contribution is 5.81. The van der Waals surface area contributed by atoms with Gasteiger partial charge in [0.25, 0.3) is 0 Å². The van der Waals surface area contributed by atoms with Gasteiger partial charge in [-0.15, -0.1) is 0 Å². The summed E-state index contributed by atoms with van der Waals surface area (Å²) < 4.78 is 6.25. The molecule has 0 amide bonds. The number of rotatable bonds is 5. The van der Waals surface area contributed by atoms with Gasteiger partial charge in [0.1, 0.15) is 0 Å². The van der Waals surface area contributed by atoms with Gasteiger partial charge in [-0.25, -0.2) is 4.79 Å². The minimum atomic E-state index is -0.895. The summed E-state index contributed by atoms with van der Waals surface area (Å²) in [5, 5.41) is 8.92. The van der Waals surface area contributed by atoms with Crippen LogP contribution in [0.25, 0.3) is 0 Å². The molecule has 0 spiro atoms. The van der Waals surface area contributed by atoms with E-state index in [-0.39, 0.29) is 5.60 Å². The Morgan fingerprint density at radius 3 is 2.68 bits per heavy atom. The van der Waals surface area contributed by atoms with Gasteiger partial charge < -0.3 is 9.84 Å². The summed E-state index contributed by atoms with van der Waals surface area (Å²) in [4.78, 5) is 10.9. The first kappa shape index (κ1) is 14.8. The topological polar surface area (TPSA) is 46.5 Å². The van der Waals surface area contributed by atoms with Crippen molar-refractivity contribution in [3.05, 3.63) is 71.3 Å². The number of allylic oxidation sites excluding steroid dienone is 3. The number of carboxylic acids is 1. The maximum Gasteiger partial charge on any atom is 0.328 e. The molecule has 3 heteroatoms. The average Bonchev–Trinajstić information content (AvgIpc) is 2.47. The highest BCUT2D eigenvalue weighted by Crippen LogP contribution is 2.44. The number of hydrogen-bond donors (Lipinski definition) is 1. The summed E-state index contributed by atoms with van der Waals surface area (Å²) in [6.07, 6.45) is 11.2. The summed E-state index contributed by atoms with van der Waals surface area (Å²) in [5.74, 6) is -0.895. The summed E-state index contributed by atoms with van der Waals surface area (Å²) >= 11 is 0. The first-order chi connectivity index (χ1) is 10.7. The lowest BCUT2D eigenvalue weighted by atomic mass is 9.72. The highest BCUT2D eigenvalue weighted by Gasteiger charge is 2.41. The van der Waals surface area contributed by atoms with Crippen LogP contribution in [0.15, 0.2) is 65.8 Å². The second-order valence-corrected chi connectivity index (χ2v) is 5.89. The van der Waals surface area contributed by atoms with Crippen molar-refractivity contribution in [1.82, 2.24) is 0 Å². The third-order valence-corrected chi connectivity index (χ3v) is 4.35. The lowest BCUT2D eigenvalue weighted by Crippen LogP contribution is -2.41. The zero-order chi connectivity index (χ0) is 15.4. The van der Waals surface area contributed by atoms with E-state index in [1.54, 1.807) is 0 Å². The van der Waals surface area contributed by atoms with E-state index in [0.717, 1.165) is 36.0 Å². The van der Waals surface area contributed by atoms with Gasteiger partial charge in [0.2, 0.25) is 0 Å². The fourth-order valence-electron chi connectivity index (χ4n) is 2.98. The van der Waals surface area contributed by atoms with Crippen LogP contribution in [0.4, 0.5) is 0 Å². The fourth-order valence-corrected chi connectivity index (χ4v) is 2.98. The first-order valence-electron chi connectivity index (χ1n) is 7.68. The number of benzene rings is 1. The number of aliphatic carboxylic acids is 1. The molecule has 1 saturated carbocycles. The molecule has 1 fully saturated rings. The minimum absolute atomic E-state index is 0.246. The van der Waals surface area contributed by atoms with E-state index in [2.05, 4.69) is 18.2 Å². The van der Waals surface area contributed by atoms with Gasteiger partial charge in [-0.3, -0.25) is 0 Å². The van der Waals surface area contributed by atoms with E-state index in [9.17, 15) is 4.79 Å². The van der Waals surface area contributed by atoms with E-state index < -0.39 is 5.97 Å². The maximum atomic E-state index is 10.9. The van der Waals surface area contributed by atoms with Crippen molar-refractivity contribution in [2.75, 3.05) is 0 Å². The summed E-state index contributed by atoms with van der Waals surface area (Å²) in [6, 6.07) is 10.2. The van der Waals surface area contributed by atoms with E-state index in [0.29, 0.717) is 13.0 Å². The quantitative estimate of drug-likeness (QED) is 0.835. The Bertz CT molecular complexity index is 634. The lowest BCUT2D eigenvalue weighted by Gasteiger charge is -2.43. The third-order valence-electron chi connectivity index (χ3n) is 4.35.